The first-order valence-electron chi connectivity index (χ1n) is 10.9. The number of hydrogen-bond donors (Lipinski definition) is 0. The SMILES string of the molecule is c1ccc(CO[C@H]2C3CCN(CC3)[C@H]2C(c2ccccc2)c2ccccc2)cc1. The predicted molar refractivity (Wildman–Crippen MR) is 118 cm³/mol. The summed E-state index contributed by atoms with van der Waals surface area (Å²) < 4.78 is 6.70. The molecule has 2 atom stereocenters. The summed E-state index contributed by atoms with van der Waals surface area (Å²) >= 11 is 0. The second kappa shape index (κ2) is 8.52. The van der Waals surface area contributed by atoms with E-state index in [-0.39, 0.29) is 6.10 Å². The number of fused-ring (bicyclic) bond motifs is 3. The molecule has 3 aromatic carbocycles. The third-order valence-electron chi connectivity index (χ3n) is 6.74. The molecule has 2 heteroatoms. The molecule has 3 heterocycles. The van der Waals surface area contributed by atoms with Crippen molar-refractivity contribution in [2.75, 3.05) is 13.1 Å². The van der Waals surface area contributed by atoms with Gasteiger partial charge in [-0.2, -0.15) is 0 Å². The number of ether oxygens (including phenoxy) is 1. The van der Waals surface area contributed by atoms with Crippen molar-refractivity contribution in [1.29, 1.82) is 0 Å². The smallest absolute Gasteiger partial charge is 0.0773 e. The second-order valence-electron chi connectivity index (χ2n) is 8.42. The van der Waals surface area contributed by atoms with Crippen molar-refractivity contribution in [2.45, 2.75) is 37.5 Å². The van der Waals surface area contributed by atoms with Crippen LogP contribution in [0, 0.1) is 5.92 Å². The average Bonchev–Trinajstić information content (AvgIpc) is 2.81. The molecule has 0 N–H and O–H groups in total. The van der Waals surface area contributed by atoms with Crippen LogP contribution in [0.1, 0.15) is 35.4 Å². The molecule has 3 aliphatic rings. The Morgan fingerprint density at radius 1 is 0.724 bits per heavy atom. The number of rotatable bonds is 6. The van der Waals surface area contributed by atoms with Gasteiger partial charge >= 0.3 is 0 Å². The summed E-state index contributed by atoms with van der Waals surface area (Å²) in [5.41, 5.74) is 4.05. The minimum absolute atomic E-state index is 0.267. The fourth-order valence-corrected chi connectivity index (χ4v) is 5.34. The van der Waals surface area contributed by atoms with Crippen molar-refractivity contribution in [1.82, 2.24) is 4.90 Å². The van der Waals surface area contributed by atoms with Gasteiger partial charge in [-0.1, -0.05) is 91.0 Å². The summed E-state index contributed by atoms with van der Waals surface area (Å²) in [6.07, 6.45) is 2.78. The average molecular weight is 384 g/mol. The Hall–Kier alpha value is -2.42. The van der Waals surface area contributed by atoms with Crippen LogP contribution in [0.3, 0.4) is 0 Å². The fourth-order valence-electron chi connectivity index (χ4n) is 5.34. The lowest BCUT2D eigenvalue weighted by Gasteiger charge is -2.53. The van der Waals surface area contributed by atoms with Gasteiger partial charge in [0.25, 0.3) is 0 Å². The monoisotopic (exact) mass is 383 g/mol. The molecule has 29 heavy (non-hydrogen) atoms. The molecule has 6 rings (SSSR count). The van der Waals surface area contributed by atoms with Gasteiger partial charge < -0.3 is 4.74 Å². The molecule has 0 spiro atoms. The van der Waals surface area contributed by atoms with Gasteiger partial charge in [0, 0.05) is 12.0 Å². The molecule has 0 aliphatic carbocycles. The Bertz CT molecular complexity index is 848. The largest absolute Gasteiger partial charge is 0.372 e. The number of hydrogen-bond acceptors (Lipinski definition) is 2. The Morgan fingerprint density at radius 3 is 1.79 bits per heavy atom. The molecule has 3 saturated heterocycles. The van der Waals surface area contributed by atoms with E-state index in [0.29, 0.717) is 24.5 Å². The molecule has 148 valence electrons. The molecule has 0 unspecified atom stereocenters. The van der Waals surface area contributed by atoms with E-state index >= 15 is 0 Å². The maximum absolute atomic E-state index is 6.70. The van der Waals surface area contributed by atoms with Gasteiger partial charge in [0.1, 0.15) is 0 Å². The predicted octanol–water partition coefficient (Wildman–Crippen LogP) is 5.50. The standard InChI is InChI=1S/C27H29NO/c1-4-10-21(11-5-1)20-29-27-24-16-18-28(19-17-24)26(27)25(22-12-6-2-7-13-22)23-14-8-3-9-15-23/h1-15,24-27H,16-20H2/t26-,27-/m0/s1. The molecule has 0 aromatic heterocycles. The molecular weight excluding hydrogens is 354 g/mol. The van der Waals surface area contributed by atoms with Gasteiger partial charge in [-0.05, 0) is 48.5 Å². The normalized spacial score (nSPS) is 26.0. The molecule has 0 saturated carbocycles. The van der Waals surface area contributed by atoms with Gasteiger partial charge in [-0.3, -0.25) is 4.90 Å². The highest BCUT2D eigenvalue weighted by atomic mass is 16.5. The number of benzene rings is 3. The minimum Gasteiger partial charge on any atom is -0.372 e. The zero-order valence-electron chi connectivity index (χ0n) is 16.9. The fraction of sp³-hybridized carbons (Fsp3) is 0.333. The van der Waals surface area contributed by atoms with Crippen LogP contribution in [0.2, 0.25) is 0 Å². The molecule has 3 aromatic rings. The summed E-state index contributed by atoms with van der Waals surface area (Å²) in [7, 11) is 0. The summed E-state index contributed by atoms with van der Waals surface area (Å²) in [6, 6.07) is 33.0. The van der Waals surface area contributed by atoms with Crippen molar-refractivity contribution < 1.29 is 4.74 Å². The van der Waals surface area contributed by atoms with Crippen LogP contribution < -0.4 is 0 Å². The molecular formula is C27H29NO. The first-order valence-corrected chi connectivity index (χ1v) is 10.9. The highest BCUT2D eigenvalue weighted by Crippen LogP contribution is 2.43. The lowest BCUT2D eigenvalue weighted by atomic mass is 9.72. The molecule has 0 amide bonds. The van der Waals surface area contributed by atoms with Gasteiger partial charge in [0.2, 0.25) is 0 Å². The van der Waals surface area contributed by atoms with Gasteiger partial charge in [0.15, 0.2) is 0 Å². The van der Waals surface area contributed by atoms with E-state index in [4.69, 9.17) is 4.74 Å². The van der Waals surface area contributed by atoms with Crippen LogP contribution in [0.15, 0.2) is 91.0 Å². The van der Waals surface area contributed by atoms with Gasteiger partial charge in [-0.15, -0.1) is 0 Å². The first-order chi connectivity index (χ1) is 14.4. The van der Waals surface area contributed by atoms with Crippen LogP contribution in [-0.4, -0.2) is 30.1 Å². The lowest BCUT2D eigenvalue weighted by Crippen LogP contribution is -2.60. The van der Waals surface area contributed by atoms with Crippen molar-refractivity contribution in [3.8, 4) is 0 Å². The molecule has 3 fully saturated rings. The van der Waals surface area contributed by atoms with Crippen LogP contribution in [0.4, 0.5) is 0 Å². The summed E-state index contributed by atoms with van der Waals surface area (Å²) in [5.74, 6) is 0.991. The van der Waals surface area contributed by atoms with Crippen molar-refractivity contribution in [3.63, 3.8) is 0 Å². The Kier molecular flexibility index (Phi) is 5.47. The third kappa shape index (κ3) is 3.88. The zero-order valence-corrected chi connectivity index (χ0v) is 16.9. The van der Waals surface area contributed by atoms with Crippen molar-refractivity contribution in [3.05, 3.63) is 108 Å². The third-order valence-corrected chi connectivity index (χ3v) is 6.74. The summed E-state index contributed by atoms with van der Waals surface area (Å²) in [6.45, 7) is 3.08. The van der Waals surface area contributed by atoms with E-state index in [9.17, 15) is 0 Å². The Labute approximate surface area is 174 Å². The summed E-state index contributed by atoms with van der Waals surface area (Å²) in [4.78, 5) is 2.69. The highest BCUT2D eigenvalue weighted by Gasteiger charge is 2.47. The number of piperidine rings is 3. The van der Waals surface area contributed by atoms with Crippen molar-refractivity contribution in [2.24, 2.45) is 5.92 Å². The maximum atomic E-state index is 6.70. The quantitative estimate of drug-likeness (QED) is 0.557. The maximum Gasteiger partial charge on any atom is 0.0773 e. The van der Waals surface area contributed by atoms with Crippen LogP contribution in [0.25, 0.3) is 0 Å². The van der Waals surface area contributed by atoms with Gasteiger partial charge in [0.05, 0.1) is 12.7 Å². The topological polar surface area (TPSA) is 12.5 Å². The molecule has 3 aliphatic heterocycles. The molecule has 0 radical (unpaired) electrons. The Morgan fingerprint density at radius 2 is 1.24 bits per heavy atom. The molecule has 2 bridgehead atoms. The van der Waals surface area contributed by atoms with Crippen LogP contribution in [-0.2, 0) is 11.3 Å². The van der Waals surface area contributed by atoms with E-state index in [1.807, 2.05) is 0 Å². The first kappa shape index (κ1) is 18.6. The van der Waals surface area contributed by atoms with E-state index in [1.165, 1.54) is 42.6 Å². The second-order valence-corrected chi connectivity index (χ2v) is 8.42. The number of nitrogens with zero attached hydrogens (tertiary/aromatic N) is 1. The van der Waals surface area contributed by atoms with Crippen molar-refractivity contribution >= 4 is 0 Å². The summed E-state index contributed by atoms with van der Waals surface area (Å²) in [5, 5.41) is 0. The van der Waals surface area contributed by atoms with E-state index in [2.05, 4.69) is 95.9 Å². The lowest BCUT2D eigenvalue weighted by molar-refractivity contribution is -0.120. The highest BCUT2D eigenvalue weighted by molar-refractivity contribution is 5.35. The Balaban J connectivity index is 1.50. The minimum atomic E-state index is 0.267. The van der Waals surface area contributed by atoms with E-state index < -0.39 is 0 Å². The zero-order chi connectivity index (χ0) is 19.5. The van der Waals surface area contributed by atoms with E-state index in [0.717, 1.165) is 0 Å². The van der Waals surface area contributed by atoms with E-state index in [1.54, 1.807) is 0 Å². The molecule has 2 nitrogen and oxygen atoms in total. The van der Waals surface area contributed by atoms with Crippen LogP contribution in [0.5, 0.6) is 0 Å². The van der Waals surface area contributed by atoms with Crippen LogP contribution >= 0.6 is 0 Å². The van der Waals surface area contributed by atoms with Gasteiger partial charge in [-0.25, -0.2) is 0 Å².